The molecule has 0 aromatic carbocycles. The van der Waals surface area contributed by atoms with Gasteiger partial charge < -0.3 is 10.1 Å². The molecule has 12 heavy (non-hydrogen) atoms. The Morgan fingerprint density at radius 1 is 1.58 bits per heavy atom. The highest BCUT2D eigenvalue weighted by molar-refractivity contribution is 7.10. The first kappa shape index (κ1) is 7.52. The first-order chi connectivity index (χ1) is 5.90. The van der Waals surface area contributed by atoms with Gasteiger partial charge in [-0.05, 0) is 6.07 Å². The Morgan fingerprint density at radius 3 is 3.08 bits per heavy atom. The molecule has 0 aliphatic heterocycles. The minimum absolute atomic E-state index is 0.110. The molecular formula is C8H8N2OS. The van der Waals surface area contributed by atoms with Gasteiger partial charge in [-0.1, -0.05) is 0 Å². The summed E-state index contributed by atoms with van der Waals surface area (Å²) in [4.78, 5) is 7.90. The molecule has 0 spiro atoms. The van der Waals surface area contributed by atoms with Gasteiger partial charge in [0.2, 0.25) is 0 Å². The number of rotatable bonds is 2. The molecule has 0 radical (unpaired) electrons. The van der Waals surface area contributed by atoms with Crippen molar-refractivity contribution >= 4 is 11.3 Å². The van der Waals surface area contributed by atoms with Crippen LogP contribution in [0.4, 0.5) is 0 Å². The van der Waals surface area contributed by atoms with Crippen molar-refractivity contribution in [2.75, 3.05) is 0 Å². The fraction of sp³-hybridized carbons (Fsp3) is 0.125. The number of nitrogens with zero attached hydrogens (tertiary/aromatic N) is 1. The molecule has 2 aromatic rings. The maximum Gasteiger partial charge on any atom is 0.0924 e. The van der Waals surface area contributed by atoms with Crippen molar-refractivity contribution in [3.63, 3.8) is 0 Å². The van der Waals surface area contributed by atoms with Gasteiger partial charge in [0.1, 0.15) is 0 Å². The van der Waals surface area contributed by atoms with E-state index in [0.717, 1.165) is 16.1 Å². The van der Waals surface area contributed by atoms with E-state index in [2.05, 4.69) is 9.97 Å². The van der Waals surface area contributed by atoms with Crippen LogP contribution in [0.25, 0.3) is 11.3 Å². The SMILES string of the molecule is OCc1cc(-c2cnc[nH]2)cs1. The number of aromatic nitrogens is 2. The summed E-state index contributed by atoms with van der Waals surface area (Å²) in [6.45, 7) is 0.110. The van der Waals surface area contributed by atoms with Crippen LogP contribution in [0.3, 0.4) is 0 Å². The predicted octanol–water partition coefficient (Wildman–Crippen LogP) is 1.63. The van der Waals surface area contributed by atoms with E-state index in [1.54, 1.807) is 23.9 Å². The third-order valence-corrected chi connectivity index (χ3v) is 2.54. The molecular weight excluding hydrogens is 172 g/mol. The summed E-state index contributed by atoms with van der Waals surface area (Å²) in [7, 11) is 0. The van der Waals surface area contributed by atoms with E-state index in [4.69, 9.17) is 5.11 Å². The molecule has 0 saturated carbocycles. The highest BCUT2D eigenvalue weighted by Gasteiger charge is 2.01. The number of hydrogen-bond donors (Lipinski definition) is 2. The average molecular weight is 180 g/mol. The summed E-state index contributed by atoms with van der Waals surface area (Å²) in [5, 5.41) is 10.8. The molecule has 0 bridgehead atoms. The van der Waals surface area contributed by atoms with E-state index in [1.807, 2.05) is 11.4 Å². The Kier molecular flexibility index (Phi) is 1.93. The zero-order valence-electron chi connectivity index (χ0n) is 6.32. The molecule has 0 fully saturated rings. The lowest BCUT2D eigenvalue weighted by Gasteiger charge is -1.87. The van der Waals surface area contributed by atoms with Crippen LogP contribution in [0.2, 0.25) is 0 Å². The highest BCUT2D eigenvalue weighted by atomic mass is 32.1. The van der Waals surface area contributed by atoms with Gasteiger partial charge in [0.25, 0.3) is 0 Å². The maximum absolute atomic E-state index is 8.83. The molecule has 2 aromatic heterocycles. The Bertz CT molecular complexity index is 353. The van der Waals surface area contributed by atoms with E-state index in [1.165, 1.54) is 0 Å². The number of imidazole rings is 1. The second kappa shape index (κ2) is 3.08. The first-order valence-corrected chi connectivity index (χ1v) is 4.45. The number of aliphatic hydroxyl groups excluding tert-OH is 1. The van der Waals surface area contributed by atoms with Crippen LogP contribution in [-0.4, -0.2) is 15.1 Å². The Hall–Kier alpha value is -1.13. The van der Waals surface area contributed by atoms with Crippen molar-refractivity contribution in [1.29, 1.82) is 0 Å². The minimum atomic E-state index is 0.110. The molecule has 0 saturated heterocycles. The van der Waals surface area contributed by atoms with Crippen LogP contribution in [0.15, 0.2) is 24.0 Å². The Balaban J connectivity index is 2.35. The fourth-order valence-electron chi connectivity index (χ4n) is 1.02. The smallest absolute Gasteiger partial charge is 0.0924 e. The topological polar surface area (TPSA) is 48.9 Å². The predicted molar refractivity (Wildman–Crippen MR) is 47.8 cm³/mol. The summed E-state index contributed by atoms with van der Waals surface area (Å²) < 4.78 is 0. The molecule has 2 heterocycles. The lowest BCUT2D eigenvalue weighted by Crippen LogP contribution is -1.73. The monoisotopic (exact) mass is 180 g/mol. The summed E-state index contributed by atoms with van der Waals surface area (Å²) in [5.74, 6) is 0. The van der Waals surface area contributed by atoms with Crippen molar-refractivity contribution in [1.82, 2.24) is 9.97 Å². The zero-order chi connectivity index (χ0) is 8.39. The van der Waals surface area contributed by atoms with Crippen LogP contribution in [0.5, 0.6) is 0 Å². The van der Waals surface area contributed by atoms with E-state index in [0.29, 0.717) is 0 Å². The standard InChI is InChI=1S/C8H8N2OS/c11-3-7-1-6(4-12-7)8-2-9-5-10-8/h1-2,4-5,11H,3H2,(H,9,10). The van der Waals surface area contributed by atoms with Gasteiger partial charge in [0, 0.05) is 15.8 Å². The van der Waals surface area contributed by atoms with Gasteiger partial charge in [-0.2, -0.15) is 0 Å². The van der Waals surface area contributed by atoms with Crippen LogP contribution < -0.4 is 0 Å². The minimum Gasteiger partial charge on any atom is -0.391 e. The van der Waals surface area contributed by atoms with Crippen molar-refractivity contribution < 1.29 is 5.11 Å². The van der Waals surface area contributed by atoms with E-state index < -0.39 is 0 Å². The van der Waals surface area contributed by atoms with Crippen molar-refractivity contribution in [3.8, 4) is 11.3 Å². The molecule has 0 aliphatic carbocycles. The number of nitrogens with one attached hydrogen (secondary N) is 1. The lowest BCUT2D eigenvalue weighted by atomic mass is 10.2. The third kappa shape index (κ3) is 1.26. The highest BCUT2D eigenvalue weighted by Crippen LogP contribution is 2.23. The molecule has 0 amide bonds. The largest absolute Gasteiger partial charge is 0.391 e. The normalized spacial score (nSPS) is 10.4. The van der Waals surface area contributed by atoms with E-state index in [-0.39, 0.29) is 6.61 Å². The van der Waals surface area contributed by atoms with Gasteiger partial charge >= 0.3 is 0 Å². The van der Waals surface area contributed by atoms with Gasteiger partial charge in [-0.3, -0.25) is 0 Å². The third-order valence-electron chi connectivity index (χ3n) is 1.62. The van der Waals surface area contributed by atoms with Crippen LogP contribution in [0, 0.1) is 0 Å². The van der Waals surface area contributed by atoms with Crippen LogP contribution in [-0.2, 0) is 6.61 Å². The molecule has 3 nitrogen and oxygen atoms in total. The van der Waals surface area contributed by atoms with Crippen molar-refractivity contribution in [2.45, 2.75) is 6.61 Å². The second-order valence-electron chi connectivity index (χ2n) is 2.43. The summed E-state index contributed by atoms with van der Waals surface area (Å²) in [6, 6.07) is 1.96. The summed E-state index contributed by atoms with van der Waals surface area (Å²) in [5.41, 5.74) is 2.08. The molecule has 0 aliphatic rings. The fourth-order valence-corrected chi connectivity index (χ4v) is 1.76. The summed E-state index contributed by atoms with van der Waals surface area (Å²) in [6.07, 6.45) is 3.41. The molecule has 62 valence electrons. The summed E-state index contributed by atoms with van der Waals surface area (Å²) >= 11 is 1.55. The lowest BCUT2D eigenvalue weighted by molar-refractivity contribution is 0.285. The number of thiophene rings is 1. The van der Waals surface area contributed by atoms with Crippen molar-refractivity contribution in [3.05, 3.63) is 28.8 Å². The zero-order valence-corrected chi connectivity index (χ0v) is 7.14. The van der Waals surface area contributed by atoms with Crippen molar-refractivity contribution in [2.24, 2.45) is 0 Å². The number of hydrogen-bond acceptors (Lipinski definition) is 3. The molecule has 4 heteroatoms. The van der Waals surface area contributed by atoms with Crippen LogP contribution in [0.1, 0.15) is 4.88 Å². The van der Waals surface area contributed by atoms with Gasteiger partial charge in [-0.15, -0.1) is 11.3 Å². The van der Waals surface area contributed by atoms with E-state index >= 15 is 0 Å². The van der Waals surface area contributed by atoms with Gasteiger partial charge in [0.15, 0.2) is 0 Å². The molecule has 2 rings (SSSR count). The van der Waals surface area contributed by atoms with Crippen LogP contribution >= 0.6 is 11.3 Å². The maximum atomic E-state index is 8.83. The Morgan fingerprint density at radius 2 is 2.50 bits per heavy atom. The van der Waals surface area contributed by atoms with Gasteiger partial charge in [0.05, 0.1) is 24.8 Å². The molecule has 0 unspecified atom stereocenters. The number of aliphatic hydroxyl groups is 1. The average Bonchev–Trinajstić information content (AvgIpc) is 2.75. The molecule has 2 N–H and O–H groups in total. The van der Waals surface area contributed by atoms with E-state index in [9.17, 15) is 0 Å². The first-order valence-electron chi connectivity index (χ1n) is 3.57. The molecule has 0 atom stereocenters. The number of H-pyrrole nitrogens is 1. The second-order valence-corrected chi connectivity index (χ2v) is 3.42. The quantitative estimate of drug-likeness (QED) is 0.738. The van der Waals surface area contributed by atoms with Gasteiger partial charge in [-0.25, -0.2) is 4.98 Å². The number of aromatic amines is 1. The Labute approximate surface area is 73.7 Å².